The van der Waals surface area contributed by atoms with Crippen molar-refractivity contribution in [3.05, 3.63) is 119 Å². The molecule has 0 spiro atoms. The Bertz CT molecular complexity index is 1480. The summed E-state index contributed by atoms with van der Waals surface area (Å²) in [6, 6.07) is 30.8. The lowest BCUT2D eigenvalue weighted by Crippen LogP contribution is -2.40. The second-order valence-electron chi connectivity index (χ2n) is 10.2. The van der Waals surface area contributed by atoms with Gasteiger partial charge in [-0.05, 0) is 61.3 Å². The van der Waals surface area contributed by atoms with Gasteiger partial charge in [0.2, 0.25) is 0 Å². The molecule has 0 amide bonds. The summed E-state index contributed by atoms with van der Waals surface area (Å²) in [4.78, 5) is 8.68. The predicted octanol–water partition coefficient (Wildman–Crippen LogP) is 6.40. The number of amidine groups is 2. The molecule has 4 N–H and O–H groups in total. The highest BCUT2D eigenvalue weighted by Gasteiger charge is 2.28. The number of fused-ring (bicyclic) bond motifs is 2. The van der Waals surface area contributed by atoms with Gasteiger partial charge < -0.3 is 5.32 Å². The van der Waals surface area contributed by atoms with Crippen LogP contribution in [0.25, 0.3) is 0 Å². The number of nitrogens with one attached hydrogen (secondary N) is 4. The van der Waals surface area contributed by atoms with E-state index in [-0.39, 0.29) is 11.7 Å². The summed E-state index contributed by atoms with van der Waals surface area (Å²) in [5.74, 6) is 2.13. The summed E-state index contributed by atoms with van der Waals surface area (Å²) < 4.78 is 3.66. The van der Waals surface area contributed by atoms with E-state index in [0.29, 0.717) is 17.5 Å². The maximum absolute atomic E-state index is 9.09. The molecule has 0 unspecified atom stereocenters. The summed E-state index contributed by atoms with van der Waals surface area (Å²) in [7, 11) is 0. The summed E-state index contributed by atoms with van der Waals surface area (Å²) >= 11 is 1.81. The Morgan fingerprint density at radius 1 is 0.900 bits per heavy atom. The average Bonchev–Trinajstić information content (AvgIpc) is 3.12. The molecular weight excluding hydrogens is 514 g/mol. The normalized spacial score (nSPS) is 15.6. The van der Waals surface area contributed by atoms with Gasteiger partial charge in [-0.2, -0.15) is 0 Å². The number of likely N-dealkylation sites (tertiary alicyclic amines) is 1. The minimum Gasteiger partial charge on any atom is -0.338 e. The van der Waals surface area contributed by atoms with Crippen LogP contribution in [0.15, 0.2) is 97.2 Å². The Morgan fingerprint density at radius 2 is 1.65 bits per heavy atom. The lowest BCUT2D eigenvalue weighted by Gasteiger charge is -2.32. The number of pyridine rings is 1. The standard InChI is InChI=1S/C32H33N7S/c33-30(39-29-11-6-18-35-32(29)36-28-10-5-4-9-27(28)31(39)34)25-14-12-23(13-15-25)21-38-19-16-26(17-20-38)37-40-22-24-7-2-1-3-8-24/h1-15,18,26,33-34,37H,16-17,19-22H2,(H,35,36). The van der Waals surface area contributed by atoms with Crippen molar-refractivity contribution in [2.24, 2.45) is 0 Å². The molecule has 1 fully saturated rings. The van der Waals surface area contributed by atoms with Crippen LogP contribution in [-0.4, -0.2) is 40.7 Å². The fourth-order valence-corrected chi connectivity index (χ4v) is 6.17. The third kappa shape index (κ3) is 5.79. The molecule has 1 saturated heterocycles. The number of hydrogen-bond donors (Lipinski definition) is 4. The molecule has 7 nitrogen and oxygen atoms in total. The molecule has 2 aliphatic rings. The summed E-state index contributed by atoms with van der Waals surface area (Å²) in [5.41, 5.74) is 5.59. The molecule has 0 radical (unpaired) electrons. The van der Waals surface area contributed by atoms with Crippen molar-refractivity contribution < 1.29 is 0 Å². The first kappa shape index (κ1) is 26.3. The molecular formula is C32H33N7S. The molecule has 8 heteroatoms. The zero-order valence-corrected chi connectivity index (χ0v) is 23.1. The van der Waals surface area contributed by atoms with Crippen molar-refractivity contribution in [2.45, 2.75) is 31.2 Å². The van der Waals surface area contributed by atoms with Gasteiger partial charge in [-0.3, -0.25) is 25.3 Å². The highest BCUT2D eigenvalue weighted by atomic mass is 32.2. The van der Waals surface area contributed by atoms with Gasteiger partial charge in [0.1, 0.15) is 11.7 Å². The highest BCUT2D eigenvalue weighted by molar-refractivity contribution is 7.96. The maximum Gasteiger partial charge on any atom is 0.154 e. The molecule has 0 saturated carbocycles. The lowest BCUT2D eigenvalue weighted by atomic mass is 10.0. The molecule has 4 aromatic rings. The second-order valence-corrected chi connectivity index (χ2v) is 11.0. The van der Waals surface area contributed by atoms with E-state index in [1.807, 2.05) is 60.5 Å². The van der Waals surface area contributed by atoms with E-state index in [1.165, 1.54) is 11.1 Å². The number of aromatic nitrogens is 1. The molecule has 3 aromatic carbocycles. The summed E-state index contributed by atoms with van der Waals surface area (Å²) in [5, 5.41) is 21.4. The van der Waals surface area contributed by atoms with Crippen LogP contribution in [0.5, 0.6) is 0 Å². The molecule has 40 heavy (non-hydrogen) atoms. The van der Waals surface area contributed by atoms with Gasteiger partial charge in [0.05, 0.1) is 11.4 Å². The molecule has 0 aliphatic carbocycles. The van der Waals surface area contributed by atoms with Crippen molar-refractivity contribution in [3.8, 4) is 0 Å². The van der Waals surface area contributed by atoms with Gasteiger partial charge in [0.25, 0.3) is 0 Å². The first-order chi connectivity index (χ1) is 19.7. The van der Waals surface area contributed by atoms with Gasteiger partial charge >= 0.3 is 0 Å². The fourth-order valence-electron chi connectivity index (χ4n) is 5.25. The van der Waals surface area contributed by atoms with Crippen molar-refractivity contribution in [1.82, 2.24) is 14.6 Å². The lowest BCUT2D eigenvalue weighted by molar-refractivity contribution is 0.201. The van der Waals surface area contributed by atoms with Crippen LogP contribution in [0.1, 0.15) is 35.1 Å². The molecule has 6 rings (SSSR count). The van der Waals surface area contributed by atoms with Crippen molar-refractivity contribution >= 4 is 40.8 Å². The Kier molecular flexibility index (Phi) is 7.90. The van der Waals surface area contributed by atoms with Crippen LogP contribution in [0.4, 0.5) is 17.2 Å². The number of nitrogens with zero attached hydrogens (tertiary/aromatic N) is 3. The Balaban J connectivity index is 1.07. The highest BCUT2D eigenvalue weighted by Crippen LogP contribution is 2.34. The average molecular weight is 548 g/mol. The third-order valence-electron chi connectivity index (χ3n) is 7.46. The molecule has 3 heterocycles. The smallest absolute Gasteiger partial charge is 0.154 e. The van der Waals surface area contributed by atoms with E-state index in [4.69, 9.17) is 10.8 Å². The first-order valence-corrected chi connectivity index (χ1v) is 14.7. The van der Waals surface area contributed by atoms with Crippen LogP contribution in [0.3, 0.4) is 0 Å². The SMILES string of the molecule is N=C(c1ccc(CN2CCC(NSCc3ccccc3)CC2)cc1)N1C(=N)c2ccccc2Nc2ncccc21. The number of anilines is 3. The monoisotopic (exact) mass is 547 g/mol. The van der Waals surface area contributed by atoms with Gasteiger partial charge in [0, 0.05) is 35.7 Å². The largest absolute Gasteiger partial charge is 0.338 e. The summed E-state index contributed by atoms with van der Waals surface area (Å²) in [6.07, 6.45) is 4.01. The van der Waals surface area contributed by atoms with Crippen molar-refractivity contribution in [1.29, 1.82) is 10.8 Å². The number of piperidine rings is 1. The number of rotatable bonds is 7. The minimum atomic E-state index is 0.252. The molecule has 202 valence electrons. The van der Waals surface area contributed by atoms with E-state index in [9.17, 15) is 0 Å². The van der Waals surface area contributed by atoms with Crippen LogP contribution in [-0.2, 0) is 12.3 Å². The number of hydrogen-bond acceptors (Lipinski definition) is 7. The van der Waals surface area contributed by atoms with E-state index in [2.05, 4.69) is 62.4 Å². The Morgan fingerprint density at radius 3 is 2.45 bits per heavy atom. The second kappa shape index (κ2) is 12.0. The van der Waals surface area contributed by atoms with Gasteiger partial charge in [-0.15, -0.1) is 0 Å². The zero-order valence-electron chi connectivity index (χ0n) is 22.3. The van der Waals surface area contributed by atoms with Crippen LogP contribution < -0.4 is 14.9 Å². The van der Waals surface area contributed by atoms with Crippen LogP contribution in [0, 0.1) is 10.8 Å². The molecule has 1 aromatic heterocycles. The van der Waals surface area contributed by atoms with Crippen molar-refractivity contribution in [2.75, 3.05) is 23.3 Å². The minimum absolute atomic E-state index is 0.252. The van der Waals surface area contributed by atoms with E-state index in [0.717, 1.165) is 55.0 Å². The Hall–Kier alpha value is -3.98. The molecule has 0 atom stereocenters. The molecule has 2 aliphatic heterocycles. The number of benzene rings is 3. The van der Waals surface area contributed by atoms with E-state index >= 15 is 0 Å². The number of para-hydroxylation sites is 1. The molecule has 0 bridgehead atoms. The summed E-state index contributed by atoms with van der Waals surface area (Å²) in [6.45, 7) is 3.05. The Labute approximate surface area is 239 Å². The quantitative estimate of drug-likeness (QED) is 0.122. The van der Waals surface area contributed by atoms with Crippen molar-refractivity contribution in [3.63, 3.8) is 0 Å². The van der Waals surface area contributed by atoms with E-state index < -0.39 is 0 Å². The van der Waals surface area contributed by atoms with Gasteiger partial charge in [-0.1, -0.05) is 78.7 Å². The first-order valence-electron chi connectivity index (χ1n) is 13.7. The van der Waals surface area contributed by atoms with Gasteiger partial charge in [0.15, 0.2) is 5.82 Å². The third-order valence-corrected chi connectivity index (χ3v) is 8.44. The maximum atomic E-state index is 9.09. The van der Waals surface area contributed by atoms with E-state index in [1.54, 1.807) is 11.1 Å². The van der Waals surface area contributed by atoms with Gasteiger partial charge in [-0.25, -0.2) is 4.98 Å². The van der Waals surface area contributed by atoms with Crippen LogP contribution >= 0.6 is 11.9 Å². The topological polar surface area (TPSA) is 91.1 Å². The van der Waals surface area contributed by atoms with Crippen LogP contribution in [0.2, 0.25) is 0 Å². The fraction of sp³-hybridized carbons (Fsp3) is 0.219. The zero-order chi connectivity index (χ0) is 27.3. The predicted molar refractivity (Wildman–Crippen MR) is 166 cm³/mol.